The minimum atomic E-state index is -1.38. The molecule has 0 saturated heterocycles. The first-order valence-corrected chi connectivity index (χ1v) is 12.3. The fraction of sp³-hybridized carbons (Fsp3) is 0.947. The molecule has 0 unspecified atom stereocenters. The molecule has 2 heteroatoms. The van der Waals surface area contributed by atoms with Crippen LogP contribution < -0.4 is 0 Å². The Labute approximate surface area is 134 Å². The molecule has 0 spiro atoms. The maximum Gasteiger partial charge on any atom is 0.136 e. The third-order valence-electron chi connectivity index (χ3n) is 6.22. The highest BCUT2D eigenvalue weighted by atomic mass is 28.3. The zero-order valence-corrected chi connectivity index (χ0v) is 16.6. The molecule has 1 nitrogen and oxygen atoms in total. The van der Waals surface area contributed by atoms with Crippen molar-refractivity contribution in [2.75, 3.05) is 0 Å². The predicted molar refractivity (Wildman–Crippen MR) is 96.6 cm³/mol. The molecule has 0 aromatic carbocycles. The van der Waals surface area contributed by atoms with Gasteiger partial charge in [0, 0.05) is 12.3 Å². The molecule has 3 atom stereocenters. The number of carbonyl (C=O) groups is 1. The topological polar surface area (TPSA) is 17.1 Å². The van der Waals surface area contributed by atoms with Crippen LogP contribution in [0.5, 0.6) is 0 Å². The second kappa shape index (κ2) is 7.44. The van der Waals surface area contributed by atoms with E-state index in [1.807, 2.05) is 0 Å². The van der Waals surface area contributed by atoms with Crippen LogP contribution in [0.15, 0.2) is 0 Å². The lowest BCUT2D eigenvalue weighted by atomic mass is 10.1. The van der Waals surface area contributed by atoms with Gasteiger partial charge in [-0.05, 0) is 29.3 Å². The molecular formula is C19H38OSi. The highest BCUT2D eigenvalue weighted by Crippen LogP contribution is 2.65. The molecule has 0 N–H and O–H groups in total. The zero-order valence-electron chi connectivity index (χ0n) is 15.6. The Morgan fingerprint density at radius 1 is 1.00 bits per heavy atom. The monoisotopic (exact) mass is 310 g/mol. The molecule has 21 heavy (non-hydrogen) atoms. The summed E-state index contributed by atoms with van der Waals surface area (Å²) in [6.07, 6.45) is 8.29. The van der Waals surface area contributed by atoms with E-state index in [0.29, 0.717) is 16.7 Å². The summed E-state index contributed by atoms with van der Waals surface area (Å²) in [5.41, 5.74) is 0.749. The van der Waals surface area contributed by atoms with E-state index in [0.717, 1.165) is 30.7 Å². The van der Waals surface area contributed by atoms with Crippen LogP contribution >= 0.6 is 0 Å². The van der Waals surface area contributed by atoms with Gasteiger partial charge in [0.2, 0.25) is 0 Å². The summed E-state index contributed by atoms with van der Waals surface area (Å²) < 4.78 is 0. The van der Waals surface area contributed by atoms with Crippen LogP contribution in [-0.2, 0) is 4.79 Å². The minimum absolute atomic E-state index is 0.403. The van der Waals surface area contributed by atoms with Crippen LogP contribution in [-0.4, -0.2) is 13.9 Å². The largest absolute Gasteiger partial charge is 0.299 e. The summed E-state index contributed by atoms with van der Waals surface area (Å²) in [5.74, 6) is 1.74. The van der Waals surface area contributed by atoms with Crippen molar-refractivity contribution in [3.63, 3.8) is 0 Å². The van der Waals surface area contributed by atoms with Gasteiger partial charge in [0.05, 0.1) is 8.07 Å². The number of ketones is 1. The summed E-state index contributed by atoms with van der Waals surface area (Å²) in [7, 11) is -1.38. The Morgan fingerprint density at radius 3 is 2.05 bits per heavy atom. The summed E-state index contributed by atoms with van der Waals surface area (Å²) in [5, 5.41) is 0.403. The van der Waals surface area contributed by atoms with Gasteiger partial charge in [-0.2, -0.15) is 0 Å². The van der Waals surface area contributed by atoms with E-state index >= 15 is 0 Å². The van der Waals surface area contributed by atoms with Gasteiger partial charge in [0.15, 0.2) is 0 Å². The standard InChI is InChI=1S/C19H38OSi/c1-8-10-12-13-15-17(16(20)14-11-9-2)18(15)21(6,7)19(3,4)5/h15,17-18H,8-14H2,1-7H3/t15-,17+,18+/m1/s1. The third kappa shape index (κ3) is 4.43. The third-order valence-corrected chi connectivity index (χ3v) is 12.5. The van der Waals surface area contributed by atoms with E-state index in [1.165, 1.54) is 25.7 Å². The van der Waals surface area contributed by atoms with Crippen LogP contribution in [0.2, 0.25) is 23.7 Å². The molecule has 1 saturated carbocycles. The van der Waals surface area contributed by atoms with Crippen LogP contribution in [0.4, 0.5) is 0 Å². The first-order chi connectivity index (χ1) is 9.68. The van der Waals surface area contributed by atoms with E-state index < -0.39 is 8.07 Å². The van der Waals surface area contributed by atoms with E-state index in [-0.39, 0.29) is 0 Å². The van der Waals surface area contributed by atoms with Gasteiger partial charge in [-0.3, -0.25) is 4.79 Å². The summed E-state index contributed by atoms with van der Waals surface area (Å²) >= 11 is 0. The molecule has 0 aromatic rings. The van der Waals surface area contributed by atoms with Crippen molar-refractivity contribution in [3.05, 3.63) is 0 Å². The Balaban J connectivity index is 2.76. The normalized spacial score (nSPS) is 26.0. The number of carbonyl (C=O) groups excluding carboxylic acids is 1. The molecule has 1 aliphatic carbocycles. The van der Waals surface area contributed by atoms with Gasteiger partial charge in [-0.25, -0.2) is 0 Å². The molecule has 1 aliphatic rings. The number of unbranched alkanes of at least 4 members (excludes halogenated alkanes) is 3. The van der Waals surface area contributed by atoms with Crippen molar-refractivity contribution < 1.29 is 4.79 Å². The van der Waals surface area contributed by atoms with Crippen molar-refractivity contribution >= 4 is 13.9 Å². The second-order valence-corrected chi connectivity index (χ2v) is 14.4. The number of Topliss-reactive ketones (excluding diaryl/α,β-unsaturated/α-hetero) is 1. The molecule has 0 heterocycles. The Kier molecular flexibility index (Phi) is 6.70. The first-order valence-electron chi connectivity index (χ1n) is 9.21. The van der Waals surface area contributed by atoms with Gasteiger partial charge in [0.1, 0.15) is 5.78 Å². The average Bonchev–Trinajstić information content (AvgIpc) is 3.10. The Morgan fingerprint density at radius 2 is 1.57 bits per heavy atom. The van der Waals surface area contributed by atoms with Gasteiger partial charge in [-0.15, -0.1) is 0 Å². The fourth-order valence-electron chi connectivity index (χ4n) is 3.80. The van der Waals surface area contributed by atoms with Gasteiger partial charge >= 0.3 is 0 Å². The molecule has 0 radical (unpaired) electrons. The fourth-order valence-corrected chi connectivity index (χ4v) is 7.47. The highest BCUT2D eigenvalue weighted by Gasteiger charge is 2.62. The van der Waals surface area contributed by atoms with Crippen molar-refractivity contribution in [1.82, 2.24) is 0 Å². The summed E-state index contributed by atoms with van der Waals surface area (Å²) in [6, 6.07) is 0. The van der Waals surface area contributed by atoms with Crippen molar-refractivity contribution in [1.29, 1.82) is 0 Å². The average molecular weight is 311 g/mol. The van der Waals surface area contributed by atoms with E-state index in [9.17, 15) is 4.79 Å². The van der Waals surface area contributed by atoms with E-state index in [2.05, 4.69) is 47.7 Å². The van der Waals surface area contributed by atoms with Crippen molar-refractivity contribution in [2.45, 2.75) is 103 Å². The predicted octanol–water partition coefficient (Wildman–Crippen LogP) is 6.45. The smallest absolute Gasteiger partial charge is 0.136 e. The molecule has 124 valence electrons. The molecule has 0 aliphatic heterocycles. The first kappa shape index (κ1) is 18.9. The van der Waals surface area contributed by atoms with Crippen molar-refractivity contribution in [2.24, 2.45) is 11.8 Å². The second-order valence-electron chi connectivity index (χ2n) is 8.75. The lowest BCUT2D eigenvalue weighted by Gasteiger charge is -2.38. The summed E-state index contributed by atoms with van der Waals surface area (Å²) in [6.45, 7) is 16.7. The van der Waals surface area contributed by atoms with Crippen LogP contribution in [0.25, 0.3) is 0 Å². The van der Waals surface area contributed by atoms with Crippen LogP contribution in [0.1, 0.15) is 79.6 Å². The molecular weight excluding hydrogens is 272 g/mol. The van der Waals surface area contributed by atoms with Crippen molar-refractivity contribution in [3.8, 4) is 0 Å². The molecule has 0 amide bonds. The van der Waals surface area contributed by atoms with E-state index in [4.69, 9.17) is 0 Å². The van der Waals surface area contributed by atoms with Gasteiger partial charge in [-0.1, -0.05) is 73.4 Å². The SMILES string of the molecule is CCCCC[C@@H]1[C@@H](C(=O)CCCC)[C@H]1[Si](C)(C)C(C)(C)C. The molecule has 0 aromatic heterocycles. The molecule has 1 fully saturated rings. The lowest BCUT2D eigenvalue weighted by molar-refractivity contribution is -0.120. The molecule has 0 bridgehead atoms. The lowest BCUT2D eigenvalue weighted by Crippen LogP contribution is -2.39. The highest BCUT2D eigenvalue weighted by molar-refractivity contribution is 6.82. The van der Waals surface area contributed by atoms with Gasteiger partial charge in [0.25, 0.3) is 0 Å². The van der Waals surface area contributed by atoms with Crippen LogP contribution in [0.3, 0.4) is 0 Å². The Bertz CT molecular complexity index is 340. The van der Waals surface area contributed by atoms with Gasteiger partial charge < -0.3 is 0 Å². The number of hydrogen-bond acceptors (Lipinski definition) is 1. The maximum absolute atomic E-state index is 12.6. The minimum Gasteiger partial charge on any atom is -0.299 e. The molecule has 1 rings (SSSR count). The summed E-state index contributed by atoms with van der Waals surface area (Å²) in [4.78, 5) is 12.6. The van der Waals surface area contributed by atoms with E-state index in [1.54, 1.807) is 0 Å². The number of hydrogen-bond donors (Lipinski definition) is 0. The number of rotatable bonds is 9. The Hall–Kier alpha value is -0.113. The maximum atomic E-state index is 12.6. The zero-order chi connectivity index (χ0) is 16.3. The van der Waals surface area contributed by atoms with Crippen LogP contribution in [0, 0.1) is 11.8 Å². The quantitative estimate of drug-likeness (QED) is 0.353.